The van der Waals surface area contributed by atoms with Crippen molar-refractivity contribution in [3.63, 3.8) is 0 Å². The van der Waals surface area contributed by atoms with Crippen LogP contribution in [0.15, 0.2) is 47.4 Å². The van der Waals surface area contributed by atoms with E-state index >= 15 is 0 Å². The normalized spacial score (nSPS) is 11.2. The van der Waals surface area contributed by atoms with Gasteiger partial charge in [-0.1, -0.05) is 29.8 Å². The van der Waals surface area contributed by atoms with Crippen molar-refractivity contribution in [2.45, 2.75) is 18.7 Å². The summed E-state index contributed by atoms with van der Waals surface area (Å²) in [5.41, 5.74) is 1.53. The molecule has 2 rings (SSSR count). The average Bonchev–Trinajstić information content (AvgIpc) is 2.43. The first-order valence-corrected chi connectivity index (χ1v) is 8.06. The number of rotatable bonds is 4. The number of hydrogen-bond donors (Lipinski definition) is 1. The molecule has 0 aliphatic heterocycles. The molecule has 0 bridgehead atoms. The first-order chi connectivity index (χ1) is 9.79. The lowest BCUT2D eigenvalue weighted by atomic mass is 10.2. The van der Waals surface area contributed by atoms with E-state index in [-0.39, 0.29) is 10.7 Å². The Morgan fingerprint density at radius 1 is 1.14 bits per heavy atom. The molecule has 0 atom stereocenters. The Kier molecular flexibility index (Phi) is 4.34. The Balaban J connectivity index is 2.41. The maximum Gasteiger partial charge on any atom is 0.261 e. The Morgan fingerprint density at radius 3 is 2.52 bits per heavy atom. The molecule has 0 saturated heterocycles. The lowest BCUT2D eigenvalue weighted by molar-refractivity contribution is 0.101. The van der Waals surface area contributed by atoms with Gasteiger partial charge in [-0.3, -0.25) is 9.52 Å². The molecule has 0 aromatic heterocycles. The molecule has 1 N–H and O–H groups in total. The summed E-state index contributed by atoms with van der Waals surface area (Å²) in [6.45, 7) is 3.22. The number of hydrogen-bond acceptors (Lipinski definition) is 3. The second-order valence-electron chi connectivity index (χ2n) is 4.67. The summed E-state index contributed by atoms with van der Waals surface area (Å²) in [5.74, 6) is -0.194. The predicted octanol–water partition coefficient (Wildman–Crippen LogP) is 3.65. The number of benzene rings is 2. The molecule has 0 aliphatic rings. The number of ketones is 1. The summed E-state index contributed by atoms with van der Waals surface area (Å²) in [5, 5.41) is 0.312. The minimum Gasteiger partial charge on any atom is -0.295 e. The highest BCUT2D eigenvalue weighted by molar-refractivity contribution is 7.92. The monoisotopic (exact) mass is 323 g/mol. The third kappa shape index (κ3) is 3.62. The van der Waals surface area contributed by atoms with Gasteiger partial charge in [-0.05, 0) is 43.7 Å². The van der Waals surface area contributed by atoms with Crippen LogP contribution in [0.4, 0.5) is 5.69 Å². The molecule has 2 aromatic carbocycles. The molecule has 0 heterocycles. The topological polar surface area (TPSA) is 63.2 Å². The summed E-state index contributed by atoms with van der Waals surface area (Å²) in [6, 6.07) is 10.9. The molecule has 6 heteroatoms. The van der Waals surface area contributed by atoms with E-state index in [2.05, 4.69) is 4.72 Å². The van der Waals surface area contributed by atoms with E-state index in [4.69, 9.17) is 11.6 Å². The molecule has 4 nitrogen and oxygen atoms in total. The number of carbonyl (C=O) groups excluding carboxylic acids is 1. The fraction of sp³-hybridized carbons (Fsp3) is 0.133. The number of sulfonamides is 1. The van der Waals surface area contributed by atoms with Crippen LogP contribution in [0.25, 0.3) is 0 Å². The lowest BCUT2D eigenvalue weighted by Gasteiger charge is -2.11. The van der Waals surface area contributed by atoms with Crippen LogP contribution >= 0.6 is 11.6 Å². The van der Waals surface area contributed by atoms with Gasteiger partial charge in [0.15, 0.2) is 5.78 Å². The van der Waals surface area contributed by atoms with Gasteiger partial charge < -0.3 is 0 Å². The van der Waals surface area contributed by atoms with Crippen LogP contribution in [0.5, 0.6) is 0 Å². The smallest absolute Gasteiger partial charge is 0.261 e. The standard InChI is InChI=1S/C15H14ClNO3S/c1-10-6-7-14(16)15(8-10)17-21(19,20)13-5-3-4-12(9-13)11(2)18/h3-9,17H,1-2H3. The fourth-order valence-electron chi connectivity index (χ4n) is 1.80. The van der Waals surface area contributed by atoms with E-state index in [1.54, 1.807) is 24.3 Å². The number of anilines is 1. The van der Waals surface area contributed by atoms with Gasteiger partial charge in [0.1, 0.15) is 0 Å². The molecule has 110 valence electrons. The van der Waals surface area contributed by atoms with E-state index in [0.717, 1.165) is 5.56 Å². The van der Waals surface area contributed by atoms with E-state index in [1.807, 2.05) is 6.92 Å². The van der Waals surface area contributed by atoms with Crippen molar-refractivity contribution in [2.75, 3.05) is 4.72 Å². The van der Waals surface area contributed by atoms with Crippen molar-refractivity contribution >= 4 is 33.1 Å². The minimum absolute atomic E-state index is 0.0211. The third-order valence-corrected chi connectivity index (χ3v) is 4.61. The Bertz CT molecular complexity index is 800. The fourth-order valence-corrected chi connectivity index (χ4v) is 3.14. The zero-order valence-corrected chi connectivity index (χ0v) is 13.1. The van der Waals surface area contributed by atoms with Crippen molar-refractivity contribution < 1.29 is 13.2 Å². The maximum atomic E-state index is 12.4. The summed E-state index contributed by atoms with van der Waals surface area (Å²) in [6.07, 6.45) is 0. The molecule has 0 saturated carbocycles. The Morgan fingerprint density at radius 2 is 1.86 bits per heavy atom. The minimum atomic E-state index is -3.80. The van der Waals surface area contributed by atoms with Gasteiger partial charge in [-0.15, -0.1) is 0 Å². The van der Waals surface area contributed by atoms with Crippen LogP contribution in [-0.4, -0.2) is 14.2 Å². The summed E-state index contributed by atoms with van der Waals surface area (Å²) >= 11 is 5.99. The van der Waals surface area contributed by atoms with Crippen LogP contribution in [-0.2, 0) is 10.0 Å². The van der Waals surface area contributed by atoms with E-state index in [1.165, 1.54) is 25.1 Å². The molecule has 0 aliphatic carbocycles. The van der Waals surface area contributed by atoms with Crippen molar-refractivity contribution in [1.29, 1.82) is 0 Å². The molecule has 0 unspecified atom stereocenters. The average molecular weight is 324 g/mol. The third-order valence-electron chi connectivity index (χ3n) is 2.92. The zero-order valence-electron chi connectivity index (χ0n) is 11.6. The number of halogens is 1. The number of nitrogens with one attached hydrogen (secondary N) is 1. The van der Waals surface area contributed by atoms with Gasteiger partial charge in [0.2, 0.25) is 0 Å². The SMILES string of the molecule is CC(=O)c1cccc(S(=O)(=O)Nc2cc(C)ccc2Cl)c1. The summed E-state index contributed by atoms with van der Waals surface area (Å²) in [4.78, 5) is 11.4. The second kappa shape index (κ2) is 5.87. The highest BCUT2D eigenvalue weighted by Gasteiger charge is 2.17. The molecular formula is C15H14ClNO3S. The van der Waals surface area contributed by atoms with E-state index < -0.39 is 10.0 Å². The highest BCUT2D eigenvalue weighted by Crippen LogP contribution is 2.25. The largest absolute Gasteiger partial charge is 0.295 e. The molecule has 0 spiro atoms. The van der Waals surface area contributed by atoms with E-state index in [0.29, 0.717) is 16.3 Å². The van der Waals surface area contributed by atoms with Crippen LogP contribution < -0.4 is 4.72 Å². The predicted molar refractivity (Wildman–Crippen MR) is 83.4 cm³/mol. The van der Waals surface area contributed by atoms with Crippen LogP contribution in [0.1, 0.15) is 22.8 Å². The van der Waals surface area contributed by atoms with Gasteiger partial charge in [0.25, 0.3) is 10.0 Å². The summed E-state index contributed by atoms with van der Waals surface area (Å²) < 4.78 is 27.2. The zero-order chi connectivity index (χ0) is 15.6. The molecule has 0 radical (unpaired) electrons. The van der Waals surface area contributed by atoms with Gasteiger partial charge >= 0.3 is 0 Å². The van der Waals surface area contributed by atoms with Gasteiger partial charge in [-0.2, -0.15) is 0 Å². The molecule has 2 aromatic rings. The number of carbonyl (C=O) groups is 1. The van der Waals surface area contributed by atoms with E-state index in [9.17, 15) is 13.2 Å². The second-order valence-corrected chi connectivity index (χ2v) is 6.76. The molecular weight excluding hydrogens is 310 g/mol. The summed E-state index contributed by atoms with van der Waals surface area (Å²) in [7, 11) is -3.80. The van der Waals surface area contributed by atoms with Gasteiger partial charge in [0, 0.05) is 5.56 Å². The van der Waals surface area contributed by atoms with Crippen LogP contribution in [0.2, 0.25) is 5.02 Å². The van der Waals surface area contributed by atoms with Crippen molar-refractivity contribution in [2.24, 2.45) is 0 Å². The van der Waals surface area contributed by atoms with Crippen LogP contribution in [0, 0.1) is 6.92 Å². The molecule has 21 heavy (non-hydrogen) atoms. The van der Waals surface area contributed by atoms with Gasteiger partial charge in [0.05, 0.1) is 15.6 Å². The maximum absolute atomic E-state index is 12.4. The highest BCUT2D eigenvalue weighted by atomic mass is 35.5. The van der Waals surface area contributed by atoms with Crippen molar-refractivity contribution in [3.05, 3.63) is 58.6 Å². The van der Waals surface area contributed by atoms with Crippen molar-refractivity contribution in [1.82, 2.24) is 0 Å². The van der Waals surface area contributed by atoms with Crippen molar-refractivity contribution in [3.8, 4) is 0 Å². The first kappa shape index (κ1) is 15.5. The van der Waals surface area contributed by atoms with Gasteiger partial charge in [-0.25, -0.2) is 8.42 Å². The quantitative estimate of drug-likeness (QED) is 0.873. The van der Waals surface area contributed by atoms with Crippen LogP contribution in [0.3, 0.4) is 0 Å². The number of Topliss-reactive ketones (excluding diaryl/α,β-unsaturated/α-hetero) is 1. The Hall–Kier alpha value is -1.85. The molecule has 0 amide bonds. The molecule has 0 fully saturated rings. The number of aryl methyl sites for hydroxylation is 1. The Labute approximate surface area is 128 Å². The lowest BCUT2D eigenvalue weighted by Crippen LogP contribution is -2.14. The first-order valence-electron chi connectivity index (χ1n) is 6.19.